The number of aromatic nitrogens is 1. The highest BCUT2D eigenvalue weighted by Crippen LogP contribution is 2.38. The summed E-state index contributed by atoms with van der Waals surface area (Å²) in [7, 11) is -3.12. The van der Waals surface area contributed by atoms with Gasteiger partial charge < -0.3 is 10.2 Å². The maximum Gasteiger partial charge on any atom is 0.434 e. The van der Waals surface area contributed by atoms with E-state index >= 15 is 0 Å². The minimum absolute atomic E-state index is 0.0352. The third-order valence-corrected chi connectivity index (χ3v) is 6.75. The molecule has 1 fully saturated rings. The van der Waals surface area contributed by atoms with Crippen LogP contribution in [0.3, 0.4) is 0 Å². The summed E-state index contributed by atoms with van der Waals surface area (Å²) in [5.41, 5.74) is -2.88. The third kappa shape index (κ3) is 5.87. The van der Waals surface area contributed by atoms with E-state index in [4.69, 9.17) is 4.78 Å². The summed E-state index contributed by atoms with van der Waals surface area (Å²) in [6.45, 7) is 0.770. The lowest BCUT2D eigenvalue weighted by Crippen LogP contribution is -2.31. The number of rotatable bonds is 4. The molecule has 1 aliphatic heterocycles. The number of carbonyl (C=O) groups is 1. The van der Waals surface area contributed by atoms with Crippen molar-refractivity contribution in [1.29, 1.82) is 10.0 Å². The Balaban J connectivity index is 2.15. The van der Waals surface area contributed by atoms with Crippen molar-refractivity contribution in [3.8, 4) is 6.07 Å². The maximum absolute atomic E-state index is 13.9. The van der Waals surface area contributed by atoms with Crippen molar-refractivity contribution in [3.05, 3.63) is 46.6 Å². The molecule has 1 aliphatic rings. The van der Waals surface area contributed by atoms with Gasteiger partial charge in [0.25, 0.3) is 5.91 Å². The zero-order valence-electron chi connectivity index (χ0n) is 18.8. The third-order valence-electron chi connectivity index (χ3n) is 5.59. The first-order valence-electron chi connectivity index (χ1n) is 10.4. The van der Waals surface area contributed by atoms with Gasteiger partial charge in [0, 0.05) is 42.8 Å². The molecule has 0 aliphatic carbocycles. The van der Waals surface area contributed by atoms with Crippen LogP contribution >= 0.6 is 0 Å². The Bertz CT molecular complexity index is 1300. The highest BCUT2D eigenvalue weighted by Gasteiger charge is 2.40. The second kappa shape index (κ2) is 9.41. The van der Waals surface area contributed by atoms with Crippen molar-refractivity contribution in [3.63, 3.8) is 0 Å². The summed E-state index contributed by atoms with van der Waals surface area (Å²) in [5, 5.41) is 11.9. The molecule has 1 aromatic carbocycles. The number of benzene rings is 1. The van der Waals surface area contributed by atoms with Gasteiger partial charge >= 0.3 is 6.18 Å². The molecule has 0 radical (unpaired) electrons. The number of carbonyl (C=O) groups excluding carboxylic acids is 1. The van der Waals surface area contributed by atoms with E-state index in [2.05, 4.69) is 10.3 Å². The predicted octanol–water partition coefficient (Wildman–Crippen LogP) is 5.19. The lowest BCUT2D eigenvalue weighted by atomic mass is 10.00. The molecule has 0 unspecified atom stereocenters. The molecule has 13 heteroatoms. The van der Waals surface area contributed by atoms with Crippen molar-refractivity contribution >= 4 is 27.1 Å². The molecular formula is C22H22F5N5O2S. The van der Waals surface area contributed by atoms with Crippen molar-refractivity contribution in [2.45, 2.75) is 43.2 Å². The quantitative estimate of drug-likeness (QED) is 0.545. The summed E-state index contributed by atoms with van der Waals surface area (Å²) >= 11 is 0. The van der Waals surface area contributed by atoms with E-state index in [1.165, 1.54) is 48.4 Å². The monoisotopic (exact) mass is 515 g/mol. The molecule has 7 nitrogen and oxygen atoms in total. The largest absolute Gasteiger partial charge is 0.434 e. The van der Waals surface area contributed by atoms with E-state index in [1.54, 1.807) is 0 Å². The van der Waals surface area contributed by atoms with Crippen LogP contribution in [-0.4, -0.2) is 40.4 Å². The summed E-state index contributed by atoms with van der Waals surface area (Å²) < 4.78 is 88.7. The average Bonchev–Trinajstić information content (AvgIpc) is 2.92. The van der Waals surface area contributed by atoms with Crippen LogP contribution in [0.15, 0.2) is 29.2 Å². The highest BCUT2D eigenvalue weighted by atomic mass is 32.2. The topological polar surface area (TPSA) is 110 Å². The Morgan fingerprint density at radius 2 is 1.97 bits per heavy atom. The van der Waals surface area contributed by atoms with Gasteiger partial charge in [-0.05, 0) is 37.1 Å². The molecule has 188 valence electrons. The standard InChI is InChI=1S/C22H22F5N5O2S/c1-13-16(12-28)18(22(25,26)27)31-19(32-9-4-7-21(23,24)8-10-32)17(13)20(33)30-14-5-3-6-15(11-14)35(2,29)34/h3,5-6,11,29H,4,7-10H2,1-2H3,(H,30,33)/t35-/m1/s1. The number of amides is 1. The number of halogens is 5. The lowest BCUT2D eigenvalue weighted by molar-refractivity contribution is -0.141. The van der Waals surface area contributed by atoms with E-state index in [-0.39, 0.29) is 41.2 Å². The summed E-state index contributed by atoms with van der Waals surface area (Å²) in [6, 6.07) is 7.03. The van der Waals surface area contributed by atoms with Gasteiger partial charge in [0.05, 0.1) is 20.9 Å². The molecule has 35 heavy (non-hydrogen) atoms. The number of nitriles is 1. The molecule has 1 atom stereocenters. The molecule has 1 saturated heterocycles. The lowest BCUT2D eigenvalue weighted by Gasteiger charge is -2.27. The number of nitrogens with zero attached hydrogens (tertiary/aromatic N) is 3. The van der Waals surface area contributed by atoms with Crippen LogP contribution in [0.25, 0.3) is 0 Å². The smallest absolute Gasteiger partial charge is 0.356 e. The minimum atomic E-state index is -5.01. The first kappa shape index (κ1) is 26.3. The average molecular weight is 516 g/mol. The molecule has 2 heterocycles. The second-order valence-corrected chi connectivity index (χ2v) is 10.4. The van der Waals surface area contributed by atoms with E-state index in [0.717, 1.165) is 0 Å². The van der Waals surface area contributed by atoms with Gasteiger partial charge in [-0.2, -0.15) is 18.4 Å². The van der Waals surface area contributed by atoms with Crippen LogP contribution < -0.4 is 10.2 Å². The van der Waals surface area contributed by atoms with Crippen LogP contribution in [0.1, 0.15) is 46.4 Å². The highest BCUT2D eigenvalue weighted by molar-refractivity contribution is 7.91. The first-order valence-corrected chi connectivity index (χ1v) is 12.4. The number of hydrogen-bond donors (Lipinski definition) is 2. The van der Waals surface area contributed by atoms with E-state index in [1.807, 2.05) is 0 Å². The van der Waals surface area contributed by atoms with Gasteiger partial charge in [-0.1, -0.05) is 6.07 Å². The van der Waals surface area contributed by atoms with Gasteiger partial charge in [0.2, 0.25) is 5.92 Å². The van der Waals surface area contributed by atoms with Crippen LogP contribution in [0.2, 0.25) is 0 Å². The molecule has 0 spiro atoms. The van der Waals surface area contributed by atoms with Crippen molar-refractivity contribution in [2.75, 3.05) is 29.6 Å². The Labute approximate surface area is 198 Å². The first-order chi connectivity index (χ1) is 16.1. The fourth-order valence-electron chi connectivity index (χ4n) is 3.82. The number of hydrogen-bond acceptors (Lipinski definition) is 6. The van der Waals surface area contributed by atoms with E-state index < -0.39 is 57.7 Å². The van der Waals surface area contributed by atoms with Crippen LogP contribution in [0, 0.1) is 23.0 Å². The molecule has 1 aromatic heterocycles. The van der Waals surface area contributed by atoms with Crippen LogP contribution in [-0.2, 0) is 15.9 Å². The summed E-state index contributed by atoms with van der Waals surface area (Å²) in [5.74, 6) is -4.37. The van der Waals surface area contributed by atoms with Gasteiger partial charge in [-0.25, -0.2) is 22.8 Å². The Morgan fingerprint density at radius 1 is 1.29 bits per heavy atom. The number of alkyl halides is 5. The summed E-state index contributed by atoms with van der Waals surface area (Å²) in [4.78, 5) is 18.2. The minimum Gasteiger partial charge on any atom is -0.356 e. The van der Waals surface area contributed by atoms with Crippen LogP contribution in [0.4, 0.5) is 33.5 Å². The molecule has 2 aromatic rings. The molecule has 3 rings (SSSR count). The normalized spacial score (nSPS) is 17.7. The predicted molar refractivity (Wildman–Crippen MR) is 119 cm³/mol. The Hall–Kier alpha value is -3.27. The van der Waals surface area contributed by atoms with Crippen molar-refractivity contribution < 1.29 is 31.0 Å². The summed E-state index contributed by atoms with van der Waals surface area (Å²) in [6.07, 6.45) is -4.95. The molecule has 2 N–H and O–H groups in total. The number of pyridine rings is 1. The Kier molecular flexibility index (Phi) is 7.08. The fraction of sp³-hybridized carbons (Fsp3) is 0.409. The maximum atomic E-state index is 13.9. The second-order valence-electron chi connectivity index (χ2n) is 8.29. The van der Waals surface area contributed by atoms with Crippen molar-refractivity contribution in [1.82, 2.24) is 4.98 Å². The molecule has 0 saturated carbocycles. The van der Waals surface area contributed by atoms with E-state index in [9.17, 15) is 36.2 Å². The van der Waals surface area contributed by atoms with Gasteiger partial charge in [-0.15, -0.1) is 0 Å². The van der Waals surface area contributed by atoms with Crippen molar-refractivity contribution in [2.24, 2.45) is 0 Å². The van der Waals surface area contributed by atoms with Gasteiger partial charge in [0.1, 0.15) is 11.9 Å². The Morgan fingerprint density at radius 3 is 2.57 bits per heavy atom. The molecule has 1 amide bonds. The zero-order chi connectivity index (χ0) is 26.2. The number of nitrogens with one attached hydrogen (secondary N) is 2. The number of anilines is 2. The van der Waals surface area contributed by atoms with Gasteiger partial charge in [0.15, 0.2) is 5.69 Å². The van der Waals surface area contributed by atoms with Crippen LogP contribution in [0.5, 0.6) is 0 Å². The SMILES string of the molecule is Cc1c(C#N)c(C(F)(F)F)nc(N2CCCC(F)(F)CC2)c1C(=O)Nc1cccc([S@](C)(=N)=O)c1. The zero-order valence-corrected chi connectivity index (χ0v) is 19.6. The fourth-order valence-corrected chi connectivity index (χ4v) is 4.51. The van der Waals surface area contributed by atoms with Gasteiger partial charge in [-0.3, -0.25) is 4.79 Å². The van der Waals surface area contributed by atoms with E-state index in [0.29, 0.717) is 0 Å². The molecule has 0 bridgehead atoms. The molecular weight excluding hydrogens is 493 g/mol.